The molecule has 0 unspecified atom stereocenters. The molecule has 1 aromatic carbocycles. The number of nitrogens with one attached hydrogen (secondary N) is 1. The molecule has 5 rings (SSSR count). The number of azide groups is 1. The lowest BCUT2D eigenvalue weighted by Crippen LogP contribution is -2.61. The van der Waals surface area contributed by atoms with Crippen molar-refractivity contribution in [1.82, 2.24) is 4.90 Å². The number of anilines is 1. The Labute approximate surface area is 513 Å². The number of ether oxygens (including phenoxy) is 6. The summed E-state index contributed by atoms with van der Waals surface area (Å²) in [5, 5.41) is 41.7. The van der Waals surface area contributed by atoms with Gasteiger partial charge in [-0.2, -0.15) is 0 Å². The quantitative estimate of drug-likeness (QED) is 0.0142. The molecule has 2 bridgehead atoms. The first-order chi connectivity index (χ1) is 41.5. The van der Waals surface area contributed by atoms with Crippen LogP contribution in [0.4, 0.5) is 17.1 Å². The summed E-state index contributed by atoms with van der Waals surface area (Å²) >= 11 is 0. The van der Waals surface area contributed by atoms with Crippen LogP contribution in [-0.4, -0.2) is 144 Å². The average molecular weight is 1220 g/mol. The van der Waals surface area contributed by atoms with E-state index in [0.717, 1.165) is 31.3 Å². The third-order valence-electron chi connectivity index (χ3n) is 17.9. The van der Waals surface area contributed by atoms with E-state index in [2.05, 4.69) is 15.3 Å². The van der Waals surface area contributed by atoms with Crippen LogP contribution in [0.15, 0.2) is 70.9 Å². The van der Waals surface area contributed by atoms with Crippen molar-refractivity contribution >= 4 is 52.3 Å². The third kappa shape index (κ3) is 20.7. The highest BCUT2D eigenvalue weighted by molar-refractivity contribution is 6.39. The third-order valence-corrected chi connectivity index (χ3v) is 17.9. The van der Waals surface area contributed by atoms with Crippen LogP contribution in [0, 0.1) is 45.6 Å². The standard InChI is InChI=1S/C65H96N6O16/c1-40-21-15-14-16-22-41(2)55(82-8)38-49-28-25-46(7)65(79,87-49)62(76)63(77)70-32-20-18-23-51(70)64(78)86-56(39-53(72)42(3)34-45(6)60(75)61(84-10)59(74)44(5)33-40)43(4)35-47-26-30-54(57(36-47)83-9)85-58(73)24-17-12-11-13-19-31-67-50-29-27-48(68-69-66)37-52(50)71(80)81/h14-16,21-22,27,29,34,37,40,42-44,46-47,49,51,54-57,60-61,67,75,79H,11-13,17-20,23-26,28,30-33,35-36,38-39H2,1-10H3/b16-14+,21-15+,41-22+,45-34+/t40-,42-,43-,44-,46-,47+,49+,51+,54-,55+,56+,57-,60-,61+,65-/m1/s1. The van der Waals surface area contributed by atoms with E-state index < -0.39 is 101 Å². The molecule has 87 heavy (non-hydrogen) atoms. The molecule has 0 radical (unpaired) electrons. The van der Waals surface area contributed by atoms with Gasteiger partial charge in [0.1, 0.15) is 41.9 Å². The summed E-state index contributed by atoms with van der Waals surface area (Å²) < 4.78 is 35.9. The summed E-state index contributed by atoms with van der Waals surface area (Å²) in [6.07, 6.45) is 14.3. The largest absolute Gasteiger partial charge is 0.460 e. The number of nitrogens with zero attached hydrogens (tertiary/aromatic N) is 5. The molecule has 22 heteroatoms. The van der Waals surface area contributed by atoms with Crippen molar-refractivity contribution in [3.05, 3.63) is 86.4 Å². The minimum absolute atomic E-state index is 0.00373. The Bertz CT molecular complexity index is 2690. The summed E-state index contributed by atoms with van der Waals surface area (Å²) in [6.45, 7) is 13.1. The van der Waals surface area contributed by atoms with E-state index in [-0.39, 0.29) is 73.0 Å². The van der Waals surface area contributed by atoms with Gasteiger partial charge in [-0.1, -0.05) is 102 Å². The van der Waals surface area contributed by atoms with E-state index in [9.17, 15) is 49.1 Å². The average Bonchev–Trinajstić information content (AvgIpc) is 1.09. The van der Waals surface area contributed by atoms with Gasteiger partial charge in [-0.05, 0) is 131 Å². The molecule has 3 N–H and O–H groups in total. The molecular formula is C65H96N6O16. The summed E-state index contributed by atoms with van der Waals surface area (Å²) in [4.78, 5) is 99.8. The Hall–Kier alpha value is -6.13. The number of nitro benzene ring substituents is 1. The number of unbranched alkanes of at least 4 members (excludes halogenated alkanes) is 4. The summed E-state index contributed by atoms with van der Waals surface area (Å²) in [5.41, 5.74) is 10.2. The predicted octanol–water partition coefficient (Wildman–Crippen LogP) is 11.0. The maximum atomic E-state index is 14.7. The molecule has 4 aliphatic rings. The zero-order chi connectivity index (χ0) is 64.0. The number of fused-ring (bicyclic) bond motifs is 3. The minimum Gasteiger partial charge on any atom is -0.460 e. The van der Waals surface area contributed by atoms with Crippen LogP contribution in [0.2, 0.25) is 0 Å². The Balaban J connectivity index is 1.29. The number of benzene rings is 1. The Morgan fingerprint density at radius 2 is 1.64 bits per heavy atom. The number of ketones is 3. The molecule has 1 aliphatic carbocycles. The van der Waals surface area contributed by atoms with E-state index in [1.807, 2.05) is 51.2 Å². The molecule has 3 heterocycles. The molecule has 1 saturated carbocycles. The second kappa shape index (κ2) is 35.2. The van der Waals surface area contributed by atoms with Gasteiger partial charge in [0, 0.05) is 88.1 Å². The number of piperidine rings is 1. The first-order valence-corrected chi connectivity index (χ1v) is 31.2. The van der Waals surface area contributed by atoms with Crippen molar-refractivity contribution in [2.24, 2.45) is 40.6 Å². The van der Waals surface area contributed by atoms with E-state index in [0.29, 0.717) is 82.0 Å². The number of allylic oxidation sites excluding steroid dienone is 6. The molecule has 1 aromatic rings. The Morgan fingerprint density at radius 3 is 2.34 bits per heavy atom. The van der Waals surface area contributed by atoms with Crippen molar-refractivity contribution < 1.29 is 72.3 Å². The number of amides is 1. The Morgan fingerprint density at radius 1 is 0.908 bits per heavy atom. The molecule has 3 fully saturated rings. The van der Waals surface area contributed by atoms with Crippen molar-refractivity contribution in [3.8, 4) is 0 Å². The monoisotopic (exact) mass is 1220 g/mol. The zero-order valence-electron chi connectivity index (χ0n) is 52.8. The highest BCUT2D eigenvalue weighted by Crippen LogP contribution is 2.39. The van der Waals surface area contributed by atoms with Crippen LogP contribution in [0.25, 0.3) is 10.4 Å². The number of Topliss-reactive ketones (excluding diaryl/α,β-unsaturated/α-hetero) is 3. The number of nitro groups is 1. The minimum atomic E-state index is -2.47. The number of cyclic esters (lactones) is 1. The van der Waals surface area contributed by atoms with Gasteiger partial charge in [-0.25, -0.2) is 4.79 Å². The van der Waals surface area contributed by atoms with Gasteiger partial charge in [0.2, 0.25) is 5.79 Å². The molecule has 15 atom stereocenters. The van der Waals surface area contributed by atoms with Gasteiger partial charge < -0.3 is 48.9 Å². The maximum Gasteiger partial charge on any atom is 0.329 e. The van der Waals surface area contributed by atoms with Crippen LogP contribution in [0.3, 0.4) is 0 Å². The first kappa shape index (κ1) is 71.6. The van der Waals surface area contributed by atoms with Gasteiger partial charge in [-0.15, -0.1) is 0 Å². The number of esters is 2. The second-order valence-electron chi connectivity index (χ2n) is 24.6. The van der Waals surface area contributed by atoms with E-state index in [1.54, 1.807) is 48.0 Å². The lowest BCUT2D eigenvalue weighted by molar-refractivity contribution is -0.383. The molecule has 482 valence electrons. The number of carbonyl (C=O) groups is 6. The molecule has 0 aromatic heterocycles. The van der Waals surface area contributed by atoms with Gasteiger partial charge in [0.25, 0.3) is 17.4 Å². The van der Waals surface area contributed by atoms with Crippen molar-refractivity contribution in [2.75, 3.05) is 39.7 Å². The number of hydrogen-bond acceptors (Lipinski definition) is 18. The van der Waals surface area contributed by atoms with Crippen LogP contribution in [0.5, 0.6) is 0 Å². The molecule has 2 saturated heterocycles. The van der Waals surface area contributed by atoms with Crippen LogP contribution < -0.4 is 5.32 Å². The molecule has 0 spiro atoms. The van der Waals surface area contributed by atoms with Gasteiger partial charge in [0.15, 0.2) is 5.78 Å². The number of aliphatic hydroxyl groups excluding tert-OH is 1. The zero-order valence-corrected chi connectivity index (χ0v) is 52.8. The van der Waals surface area contributed by atoms with Gasteiger partial charge in [0.05, 0.1) is 23.2 Å². The van der Waals surface area contributed by atoms with Gasteiger partial charge in [-0.3, -0.25) is 34.1 Å². The lowest BCUT2D eigenvalue weighted by Gasteiger charge is -2.42. The number of methoxy groups -OCH3 is 3. The highest BCUT2D eigenvalue weighted by Gasteiger charge is 2.53. The van der Waals surface area contributed by atoms with E-state index >= 15 is 0 Å². The molecule has 3 aliphatic heterocycles. The van der Waals surface area contributed by atoms with Crippen LogP contribution >= 0.6 is 0 Å². The topological polar surface area (TPSA) is 305 Å². The maximum absolute atomic E-state index is 14.7. The molecule has 22 nitrogen and oxygen atoms in total. The van der Waals surface area contributed by atoms with Crippen molar-refractivity contribution in [1.29, 1.82) is 0 Å². The summed E-state index contributed by atoms with van der Waals surface area (Å²) in [5.74, 6) is -8.89. The fraction of sp³-hybridized carbons (Fsp3) is 0.692. The van der Waals surface area contributed by atoms with Gasteiger partial charge >= 0.3 is 11.9 Å². The lowest BCUT2D eigenvalue weighted by atomic mass is 9.78. The number of carbonyl (C=O) groups excluding carboxylic acids is 6. The summed E-state index contributed by atoms with van der Waals surface area (Å²) in [6, 6.07) is 3.04. The highest BCUT2D eigenvalue weighted by atomic mass is 16.6. The van der Waals surface area contributed by atoms with Crippen LogP contribution in [0.1, 0.15) is 164 Å². The van der Waals surface area contributed by atoms with Crippen molar-refractivity contribution in [3.63, 3.8) is 0 Å². The van der Waals surface area contributed by atoms with Crippen LogP contribution in [-0.2, 0) is 57.2 Å². The normalized spacial score (nSPS) is 32.9. The first-order valence-electron chi connectivity index (χ1n) is 31.2. The number of rotatable bonds is 18. The van der Waals surface area contributed by atoms with E-state index in [1.165, 1.54) is 30.2 Å². The smallest absolute Gasteiger partial charge is 0.329 e. The summed E-state index contributed by atoms with van der Waals surface area (Å²) in [7, 11) is 4.50. The SMILES string of the molecule is CO[C@H]1C[C@@H]2CC[C@@H](C)[C@@](O)(O2)C(=O)C(=O)N2CCCC[C@H]2C(=O)O[C@H]([C@H](C)C[C@@H]2CC[C@@H](OC(=O)CCCCCCCNc3ccc(N=[N+]=[N-])cc3[N+](=O)[O-])[C@H](OC)C2)CC(=O)[C@H](C)/C=C(\C)[C@@H](O)[C@@H](OC)C(=O)[C@H](C)C[C@H](C)/C=C/C=C/C=C/1C. The van der Waals surface area contributed by atoms with Crippen molar-refractivity contribution in [2.45, 2.75) is 219 Å². The molecular weight excluding hydrogens is 1120 g/mol. The number of aliphatic hydroxyl groups is 2. The Kier molecular flexibility index (Phi) is 28.9. The predicted molar refractivity (Wildman–Crippen MR) is 327 cm³/mol. The fourth-order valence-electron chi connectivity index (χ4n) is 12.5. The number of hydrogen-bond donors (Lipinski definition) is 3. The second-order valence-corrected chi connectivity index (χ2v) is 24.6. The molecule has 1 amide bonds. The van der Waals surface area contributed by atoms with E-state index in [4.69, 9.17) is 34.0 Å². The fourth-order valence-corrected chi connectivity index (χ4v) is 12.5.